The fourth-order valence-corrected chi connectivity index (χ4v) is 3.78. The van der Waals surface area contributed by atoms with Crippen molar-refractivity contribution in [2.75, 3.05) is 26.2 Å². The molecule has 2 fully saturated rings. The van der Waals surface area contributed by atoms with Gasteiger partial charge >= 0.3 is 0 Å². The molecule has 144 valence electrons. The van der Waals surface area contributed by atoms with Crippen molar-refractivity contribution in [1.82, 2.24) is 15.5 Å². The van der Waals surface area contributed by atoms with E-state index < -0.39 is 0 Å². The first-order chi connectivity index (χ1) is 11.9. The first kappa shape index (κ1) is 20.0. The molecule has 6 nitrogen and oxygen atoms in total. The summed E-state index contributed by atoms with van der Waals surface area (Å²) >= 11 is 0. The standard InChI is InChI=1S/C19H36N4O2/c1-5-20-18(21-13-19(4)10-7-6-8-16(19)24)22-15-9-11-23(12-15)17(25)14(2)3/h14-16,24H,5-13H2,1-4H3,(H2,20,21,22). The largest absolute Gasteiger partial charge is 0.392 e. The quantitative estimate of drug-likeness (QED) is 0.520. The van der Waals surface area contributed by atoms with Gasteiger partial charge in [0.25, 0.3) is 0 Å². The number of rotatable bonds is 5. The molecule has 3 unspecified atom stereocenters. The lowest BCUT2D eigenvalue weighted by molar-refractivity contribution is -0.133. The minimum atomic E-state index is -0.265. The molecular weight excluding hydrogens is 316 g/mol. The summed E-state index contributed by atoms with van der Waals surface area (Å²) in [6.07, 6.45) is 4.87. The van der Waals surface area contributed by atoms with Crippen LogP contribution in [0.4, 0.5) is 0 Å². The van der Waals surface area contributed by atoms with Crippen LogP contribution in [0.3, 0.4) is 0 Å². The molecule has 6 heteroatoms. The monoisotopic (exact) mass is 352 g/mol. The lowest BCUT2D eigenvalue weighted by atomic mass is 9.73. The van der Waals surface area contributed by atoms with Gasteiger partial charge in [0.15, 0.2) is 5.96 Å². The SMILES string of the molecule is CCNC(=NCC1(C)CCCCC1O)NC1CCN(C(=O)C(C)C)C1. The van der Waals surface area contributed by atoms with Crippen LogP contribution in [0.15, 0.2) is 4.99 Å². The van der Waals surface area contributed by atoms with Crippen molar-refractivity contribution >= 4 is 11.9 Å². The Morgan fingerprint density at radius 3 is 2.76 bits per heavy atom. The number of nitrogens with zero attached hydrogens (tertiary/aromatic N) is 2. The second-order valence-electron chi connectivity index (χ2n) is 8.18. The number of hydrogen-bond acceptors (Lipinski definition) is 3. The Kier molecular flexibility index (Phi) is 7.11. The van der Waals surface area contributed by atoms with E-state index in [1.165, 1.54) is 6.42 Å². The number of carbonyl (C=O) groups is 1. The van der Waals surface area contributed by atoms with Gasteiger partial charge in [-0.1, -0.05) is 33.6 Å². The number of likely N-dealkylation sites (tertiary alicyclic amines) is 1. The third kappa shape index (κ3) is 5.33. The Morgan fingerprint density at radius 2 is 2.12 bits per heavy atom. The number of nitrogens with one attached hydrogen (secondary N) is 2. The van der Waals surface area contributed by atoms with Crippen LogP contribution in [-0.4, -0.2) is 60.2 Å². The highest BCUT2D eigenvalue weighted by Crippen LogP contribution is 2.36. The number of carbonyl (C=O) groups excluding carboxylic acids is 1. The molecule has 1 aliphatic carbocycles. The average Bonchev–Trinajstić information content (AvgIpc) is 3.03. The molecule has 1 amide bonds. The molecule has 1 saturated heterocycles. The molecule has 2 rings (SSSR count). The molecule has 0 aromatic rings. The van der Waals surface area contributed by atoms with Crippen LogP contribution in [0.5, 0.6) is 0 Å². The first-order valence-electron chi connectivity index (χ1n) is 9.87. The average molecular weight is 353 g/mol. The summed E-state index contributed by atoms with van der Waals surface area (Å²) in [5, 5.41) is 17.1. The third-order valence-electron chi connectivity index (χ3n) is 5.56. The van der Waals surface area contributed by atoms with Crippen LogP contribution in [0.25, 0.3) is 0 Å². The second-order valence-corrected chi connectivity index (χ2v) is 8.18. The van der Waals surface area contributed by atoms with Gasteiger partial charge in [-0.2, -0.15) is 0 Å². The molecule has 1 heterocycles. The van der Waals surface area contributed by atoms with Gasteiger partial charge in [-0.05, 0) is 26.2 Å². The van der Waals surface area contributed by atoms with E-state index in [2.05, 4.69) is 24.5 Å². The highest BCUT2D eigenvalue weighted by molar-refractivity contribution is 5.81. The highest BCUT2D eigenvalue weighted by Gasteiger charge is 2.35. The van der Waals surface area contributed by atoms with Crippen LogP contribution in [-0.2, 0) is 4.79 Å². The maximum Gasteiger partial charge on any atom is 0.225 e. The molecule has 0 aromatic carbocycles. The van der Waals surface area contributed by atoms with Crippen molar-refractivity contribution in [2.24, 2.45) is 16.3 Å². The van der Waals surface area contributed by atoms with Crippen molar-refractivity contribution in [1.29, 1.82) is 0 Å². The van der Waals surface area contributed by atoms with Crippen molar-refractivity contribution in [2.45, 2.75) is 71.9 Å². The van der Waals surface area contributed by atoms with Crippen LogP contribution in [0.1, 0.15) is 59.8 Å². The lowest BCUT2D eigenvalue weighted by Crippen LogP contribution is -2.46. The normalized spacial score (nSPS) is 30.6. The van der Waals surface area contributed by atoms with E-state index in [1.807, 2.05) is 18.7 Å². The van der Waals surface area contributed by atoms with E-state index in [0.717, 1.165) is 51.3 Å². The van der Waals surface area contributed by atoms with Crippen LogP contribution in [0.2, 0.25) is 0 Å². The first-order valence-corrected chi connectivity index (χ1v) is 9.87. The second kappa shape index (κ2) is 8.88. The van der Waals surface area contributed by atoms with E-state index in [0.29, 0.717) is 6.54 Å². The van der Waals surface area contributed by atoms with Gasteiger partial charge in [0.05, 0.1) is 12.6 Å². The summed E-state index contributed by atoms with van der Waals surface area (Å²) in [6, 6.07) is 0.240. The van der Waals surface area contributed by atoms with Crippen molar-refractivity contribution < 1.29 is 9.90 Å². The highest BCUT2D eigenvalue weighted by atomic mass is 16.3. The molecule has 2 aliphatic rings. The Hall–Kier alpha value is -1.30. The summed E-state index contributed by atoms with van der Waals surface area (Å²) in [6.45, 7) is 11.1. The van der Waals surface area contributed by atoms with Gasteiger partial charge in [0, 0.05) is 37.0 Å². The molecule has 1 saturated carbocycles. The number of aliphatic hydroxyl groups excluding tert-OH is 1. The van der Waals surface area contributed by atoms with Crippen molar-refractivity contribution in [3.05, 3.63) is 0 Å². The fraction of sp³-hybridized carbons (Fsp3) is 0.895. The molecule has 0 bridgehead atoms. The Morgan fingerprint density at radius 1 is 1.36 bits per heavy atom. The maximum absolute atomic E-state index is 12.1. The molecular formula is C19H36N4O2. The zero-order chi connectivity index (χ0) is 18.4. The summed E-state index contributed by atoms with van der Waals surface area (Å²) < 4.78 is 0. The zero-order valence-corrected chi connectivity index (χ0v) is 16.3. The summed E-state index contributed by atoms with van der Waals surface area (Å²) in [4.78, 5) is 18.8. The van der Waals surface area contributed by atoms with Crippen molar-refractivity contribution in [3.63, 3.8) is 0 Å². The molecule has 3 N–H and O–H groups in total. The van der Waals surface area contributed by atoms with Gasteiger partial charge in [-0.3, -0.25) is 9.79 Å². The predicted molar refractivity (Wildman–Crippen MR) is 102 cm³/mol. The Labute approximate surface area is 152 Å². The van der Waals surface area contributed by atoms with Gasteiger partial charge in [0.2, 0.25) is 5.91 Å². The zero-order valence-electron chi connectivity index (χ0n) is 16.3. The number of amides is 1. The maximum atomic E-state index is 12.1. The van der Waals surface area contributed by atoms with E-state index in [1.54, 1.807) is 0 Å². The number of guanidine groups is 1. The van der Waals surface area contributed by atoms with Gasteiger partial charge in [-0.25, -0.2) is 0 Å². The molecule has 3 atom stereocenters. The topological polar surface area (TPSA) is 77.0 Å². The lowest BCUT2D eigenvalue weighted by Gasteiger charge is -2.37. The number of aliphatic hydroxyl groups is 1. The molecule has 0 aromatic heterocycles. The van der Waals surface area contributed by atoms with Gasteiger partial charge in [0.1, 0.15) is 0 Å². The Bertz CT molecular complexity index is 480. The minimum absolute atomic E-state index is 0.0494. The van der Waals surface area contributed by atoms with E-state index in [-0.39, 0.29) is 29.4 Å². The van der Waals surface area contributed by atoms with E-state index in [9.17, 15) is 9.90 Å². The summed E-state index contributed by atoms with van der Waals surface area (Å²) in [5.41, 5.74) is -0.129. The van der Waals surface area contributed by atoms with Crippen LogP contribution in [0, 0.1) is 11.3 Å². The molecule has 0 spiro atoms. The van der Waals surface area contributed by atoms with Crippen molar-refractivity contribution in [3.8, 4) is 0 Å². The predicted octanol–water partition coefficient (Wildman–Crippen LogP) is 1.74. The summed E-state index contributed by atoms with van der Waals surface area (Å²) in [5.74, 6) is 1.07. The van der Waals surface area contributed by atoms with Gasteiger partial charge in [-0.15, -0.1) is 0 Å². The Balaban J connectivity index is 1.93. The number of aliphatic imine (C=N–C) groups is 1. The van der Waals surface area contributed by atoms with E-state index >= 15 is 0 Å². The van der Waals surface area contributed by atoms with Crippen LogP contribution < -0.4 is 10.6 Å². The third-order valence-corrected chi connectivity index (χ3v) is 5.56. The summed E-state index contributed by atoms with van der Waals surface area (Å²) in [7, 11) is 0. The fourth-order valence-electron chi connectivity index (χ4n) is 3.78. The molecule has 25 heavy (non-hydrogen) atoms. The number of hydrogen-bond donors (Lipinski definition) is 3. The van der Waals surface area contributed by atoms with Gasteiger partial charge < -0.3 is 20.6 Å². The van der Waals surface area contributed by atoms with Crippen LogP contribution >= 0.6 is 0 Å². The smallest absolute Gasteiger partial charge is 0.225 e. The van der Waals surface area contributed by atoms with E-state index in [4.69, 9.17) is 4.99 Å². The minimum Gasteiger partial charge on any atom is -0.392 e. The molecule has 0 radical (unpaired) electrons. The molecule has 1 aliphatic heterocycles.